The highest BCUT2D eigenvalue weighted by atomic mass is 16.1. The minimum atomic E-state index is 0.566. The Bertz CT molecular complexity index is 647. The lowest BCUT2D eigenvalue weighted by molar-refractivity contribution is 0.112. The van der Waals surface area contributed by atoms with Crippen molar-refractivity contribution in [1.29, 1.82) is 0 Å². The molecule has 3 heteroatoms. The van der Waals surface area contributed by atoms with Gasteiger partial charge in [0.25, 0.3) is 0 Å². The summed E-state index contributed by atoms with van der Waals surface area (Å²) in [7, 11) is 0. The molecule has 0 aliphatic heterocycles. The molecule has 1 aromatic heterocycles. The molecule has 1 aromatic carbocycles. The van der Waals surface area contributed by atoms with Gasteiger partial charge in [-0.25, -0.2) is 4.98 Å². The van der Waals surface area contributed by atoms with Gasteiger partial charge >= 0.3 is 0 Å². The third-order valence-electron chi connectivity index (χ3n) is 4.07. The van der Waals surface area contributed by atoms with Crippen molar-refractivity contribution in [3.63, 3.8) is 0 Å². The van der Waals surface area contributed by atoms with Crippen molar-refractivity contribution in [2.75, 3.05) is 11.4 Å². The summed E-state index contributed by atoms with van der Waals surface area (Å²) in [5, 5.41) is 1.03. The van der Waals surface area contributed by atoms with Crippen LogP contribution in [0.4, 0.5) is 5.82 Å². The lowest BCUT2D eigenvalue weighted by atomic mass is 10.1. The smallest absolute Gasteiger partial charge is 0.153 e. The molecule has 1 heterocycles. The van der Waals surface area contributed by atoms with Crippen LogP contribution in [0.3, 0.4) is 0 Å². The monoisotopic (exact) mass is 282 g/mol. The summed E-state index contributed by atoms with van der Waals surface area (Å²) in [6.45, 7) is 5.45. The lowest BCUT2D eigenvalue weighted by Gasteiger charge is -2.26. The van der Waals surface area contributed by atoms with Crippen LogP contribution >= 0.6 is 0 Å². The van der Waals surface area contributed by atoms with Gasteiger partial charge in [0.05, 0.1) is 11.1 Å². The van der Waals surface area contributed by atoms with E-state index in [1.54, 1.807) is 0 Å². The number of aromatic nitrogens is 1. The maximum absolute atomic E-state index is 11.5. The molecule has 110 valence electrons. The number of hydrogen-bond acceptors (Lipinski definition) is 3. The summed E-state index contributed by atoms with van der Waals surface area (Å²) in [5.74, 6) is 1.53. The van der Waals surface area contributed by atoms with Crippen LogP contribution in [-0.2, 0) is 0 Å². The van der Waals surface area contributed by atoms with Crippen LogP contribution in [0, 0.1) is 5.92 Å². The molecule has 1 fully saturated rings. The zero-order chi connectivity index (χ0) is 14.8. The van der Waals surface area contributed by atoms with E-state index in [1.807, 2.05) is 30.3 Å². The Labute approximate surface area is 126 Å². The lowest BCUT2D eigenvalue weighted by Crippen LogP contribution is -2.29. The van der Waals surface area contributed by atoms with Gasteiger partial charge in [-0.2, -0.15) is 0 Å². The SMILES string of the molecule is CC(C)CCN(c1nc2ccccc2cc1C=O)C1CC1. The number of benzene rings is 1. The topological polar surface area (TPSA) is 33.2 Å². The number of rotatable bonds is 6. The molecular weight excluding hydrogens is 260 g/mol. The number of hydrogen-bond donors (Lipinski definition) is 0. The average Bonchev–Trinajstić information content (AvgIpc) is 3.31. The first-order valence-corrected chi connectivity index (χ1v) is 7.80. The number of aldehydes is 1. The fourth-order valence-corrected chi connectivity index (χ4v) is 2.68. The molecule has 1 aliphatic rings. The Morgan fingerprint density at radius 2 is 2.10 bits per heavy atom. The van der Waals surface area contributed by atoms with Crippen molar-refractivity contribution in [3.8, 4) is 0 Å². The Morgan fingerprint density at radius 1 is 1.33 bits per heavy atom. The molecule has 0 spiro atoms. The van der Waals surface area contributed by atoms with Crippen LogP contribution in [-0.4, -0.2) is 23.9 Å². The number of carbonyl (C=O) groups excluding carboxylic acids is 1. The molecule has 0 unspecified atom stereocenters. The van der Waals surface area contributed by atoms with E-state index in [1.165, 1.54) is 12.8 Å². The highest BCUT2D eigenvalue weighted by molar-refractivity contribution is 5.91. The molecule has 1 saturated carbocycles. The maximum atomic E-state index is 11.5. The molecule has 3 nitrogen and oxygen atoms in total. The summed E-state index contributed by atoms with van der Waals surface area (Å²) >= 11 is 0. The average molecular weight is 282 g/mol. The zero-order valence-corrected chi connectivity index (χ0v) is 12.7. The van der Waals surface area contributed by atoms with E-state index in [4.69, 9.17) is 4.98 Å². The standard InChI is InChI=1S/C18H22N2O/c1-13(2)9-10-20(16-7-8-16)18-15(12-21)11-14-5-3-4-6-17(14)19-18/h3-6,11-13,16H,7-10H2,1-2H3. The predicted molar refractivity (Wildman–Crippen MR) is 87.0 cm³/mol. The minimum Gasteiger partial charge on any atom is -0.353 e. The molecule has 0 radical (unpaired) electrons. The largest absolute Gasteiger partial charge is 0.353 e. The van der Waals surface area contributed by atoms with E-state index >= 15 is 0 Å². The van der Waals surface area contributed by atoms with E-state index in [0.717, 1.165) is 36.0 Å². The Morgan fingerprint density at radius 3 is 2.76 bits per heavy atom. The highest BCUT2D eigenvalue weighted by Crippen LogP contribution is 2.33. The van der Waals surface area contributed by atoms with Gasteiger partial charge in [0.1, 0.15) is 5.82 Å². The van der Waals surface area contributed by atoms with Crippen LogP contribution in [0.5, 0.6) is 0 Å². The number of fused-ring (bicyclic) bond motifs is 1. The second kappa shape index (κ2) is 5.84. The quantitative estimate of drug-likeness (QED) is 0.749. The van der Waals surface area contributed by atoms with E-state index < -0.39 is 0 Å². The van der Waals surface area contributed by atoms with Gasteiger partial charge in [-0.1, -0.05) is 32.0 Å². The van der Waals surface area contributed by atoms with Crippen molar-refractivity contribution in [2.45, 2.75) is 39.2 Å². The maximum Gasteiger partial charge on any atom is 0.153 e. The second-order valence-electron chi connectivity index (χ2n) is 6.32. The summed E-state index contributed by atoms with van der Waals surface area (Å²) in [4.78, 5) is 18.6. The van der Waals surface area contributed by atoms with Crippen molar-refractivity contribution >= 4 is 23.0 Å². The van der Waals surface area contributed by atoms with Crippen molar-refractivity contribution in [2.24, 2.45) is 5.92 Å². The number of carbonyl (C=O) groups is 1. The third-order valence-corrected chi connectivity index (χ3v) is 4.07. The minimum absolute atomic E-state index is 0.566. The molecule has 1 aliphatic carbocycles. The fraction of sp³-hybridized carbons (Fsp3) is 0.444. The molecule has 0 amide bonds. The zero-order valence-electron chi connectivity index (χ0n) is 12.7. The molecule has 0 N–H and O–H groups in total. The third kappa shape index (κ3) is 3.07. The summed E-state index contributed by atoms with van der Waals surface area (Å²) in [5.41, 5.74) is 1.68. The number of anilines is 1. The van der Waals surface area contributed by atoms with Crippen molar-refractivity contribution < 1.29 is 4.79 Å². The number of para-hydroxylation sites is 1. The molecule has 0 bridgehead atoms. The first-order chi connectivity index (χ1) is 10.2. The predicted octanol–water partition coefficient (Wildman–Crippen LogP) is 4.06. The van der Waals surface area contributed by atoms with Crippen molar-refractivity contribution in [3.05, 3.63) is 35.9 Å². The molecule has 0 atom stereocenters. The van der Waals surface area contributed by atoms with Crippen LogP contribution < -0.4 is 4.90 Å². The molecular formula is C18H22N2O. The van der Waals surface area contributed by atoms with Gasteiger partial charge < -0.3 is 4.90 Å². The van der Waals surface area contributed by atoms with Crippen LogP contribution in [0.2, 0.25) is 0 Å². The summed E-state index contributed by atoms with van der Waals surface area (Å²) in [6, 6.07) is 10.5. The van der Waals surface area contributed by atoms with Crippen LogP contribution in [0.15, 0.2) is 30.3 Å². The van der Waals surface area contributed by atoms with Gasteiger partial charge in [0, 0.05) is 18.0 Å². The molecule has 2 aromatic rings. The molecule has 21 heavy (non-hydrogen) atoms. The van der Waals surface area contributed by atoms with Crippen molar-refractivity contribution in [1.82, 2.24) is 4.98 Å². The Kier molecular flexibility index (Phi) is 3.91. The van der Waals surface area contributed by atoms with E-state index in [2.05, 4.69) is 18.7 Å². The first-order valence-electron chi connectivity index (χ1n) is 7.80. The van der Waals surface area contributed by atoms with Gasteiger partial charge in [0.2, 0.25) is 0 Å². The Balaban J connectivity index is 2.00. The highest BCUT2D eigenvalue weighted by Gasteiger charge is 2.31. The van der Waals surface area contributed by atoms with Gasteiger partial charge in [-0.05, 0) is 37.3 Å². The Hall–Kier alpha value is -1.90. The van der Waals surface area contributed by atoms with Gasteiger partial charge in [0.15, 0.2) is 6.29 Å². The van der Waals surface area contributed by atoms with E-state index in [0.29, 0.717) is 17.5 Å². The second-order valence-corrected chi connectivity index (χ2v) is 6.32. The normalized spacial score (nSPS) is 14.6. The van der Waals surface area contributed by atoms with Gasteiger partial charge in [-0.3, -0.25) is 4.79 Å². The van der Waals surface area contributed by atoms with E-state index in [-0.39, 0.29) is 0 Å². The first kappa shape index (κ1) is 14.1. The van der Waals surface area contributed by atoms with Gasteiger partial charge in [-0.15, -0.1) is 0 Å². The number of nitrogens with zero attached hydrogens (tertiary/aromatic N) is 2. The van der Waals surface area contributed by atoms with Crippen LogP contribution in [0.25, 0.3) is 10.9 Å². The fourth-order valence-electron chi connectivity index (χ4n) is 2.68. The summed E-state index contributed by atoms with van der Waals surface area (Å²) < 4.78 is 0. The summed E-state index contributed by atoms with van der Waals surface area (Å²) in [6.07, 6.45) is 4.50. The van der Waals surface area contributed by atoms with Crippen LogP contribution in [0.1, 0.15) is 43.5 Å². The molecule has 0 saturated heterocycles. The number of pyridine rings is 1. The molecule has 3 rings (SSSR count). The van der Waals surface area contributed by atoms with E-state index in [9.17, 15) is 4.79 Å².